The summed E-state index contributed by atoms with van der Waals surface area (Å²) in [7, 11) is 0. The molecule has 24 heavy (non-hydrogen) atoms. The number of fused-ring (bicyclic) bond motifs is 1. The van der Waals surface area contributed by atoms with Crippen LogP contribution in [0.3, 0.4) is 0 Å². The van der Waals surface area contributed by atoms with Gasteiger partial charge in [0.1, 0.15) is 12.1 Å². The Morgan fingerprint density at radius 3 is 2.67 bits per heavy atom. The SMILES string of the molecule is Cc1cc(N)ccc1-c1ccc2ncnc(NCCC(C)C)c2c1. The molecule has 0 fully saturated rings. The van der Waals surface area contributed by atoms with Crippen LogP contribution in [0, 0.1) is 12.8 Å². The van der Waals surface area contributed by atoms with E-state index in [0.29, 0.717) is 5.92 Å². The van der Waals surface area contributed by atoms with Gasteiger partial charge in [-0.2, -0.15) is 0 Å². The van der Waals surface area contributed by atoms with Crippen molar-refractivity contribution in [1.29, 1.82) is 0 Å². The highest BCUT2D eigenvalue weighted by Gasteiger charge is 2.08. The Hall–Kier alpha value is -2.62. The number of benzene rings is 2. The zero-order valence-electron chi connectivity index (χ0n) is 14.5. The van der Waals surface area contributed by atoms with Gasteiger partial charge >= 0.3 is 0 Å². The third kappa shape index (κ3) is 3.48. The summed E-state index contributed by atoms with van der Waals surface area (Å²) in [5.74, 6) is 1.56. The summed E-state index contributed by atoms with van der Waals surface area (Å²) in [6.45, 7) is 7.44. The van der Waals surface area contributed by atoms with Gasteiger partial charge in [-0.1, -0.05) is 26.0 Å². The van der Waals surface area contributed by atoms with E-state index in [1.807, 2.05) is 12.1 Å². The van der Waals surface area contributed by atoms with Crippen LogP contribution in [0.25, 0.3) is 22.0 Å². The molecule has 0 amide bonds. The van der Waals surface area contributed by atoms with E-state index >= 15 is 0 Å². The van der Waals surface area contributed by atoms with Crippen LogP contribution in [0.1, 0.15) is 25.8 Å². The number of nitrogens with one attached hydrogen (secondary N) is 1. The molecule has 0 unspecified atom stereocenters. The second kappa shape index (κ2) is 6.87. The highest BCUT2D eigenvalue weighted by atomic mass is 15.0. The fourth-order valence-corrected chi connectivity index (χ4v) is 2.86. The average molecular weight is 320 g/mol. The molecule has 2 aromatic carbocycles. The number of nitrogens with zero attached hydrogens (tertiary/aromatic N) is 2. The van der Waals surface area contributed by atoms with Gasteiger partial charge in [-0.15, -0.1) is 0 Å². The molecule has 3 rings (SSSR count). The summed E-state index contributed by atoms with van der Waals surface area (Å²) in [6, 6.07) is 12.3. The molecule has 0 saturated carbocycles. The quantitative estimate of drug-likeness (QED) is 0.672. The minimum Gasteiger partial charge on any atom is -0.399 e. The van der Waals surface area contributed by atoms with E-state index < -0.39 is 0 Å². The molecule has 3 aromatic rings. The molecule has 0 bridgehead atoms. The zero-order chi connectivity index (χ0) is 17.1. The summed E-state index contributed by atoms with van der Waals surface area (Å²) in [6.07, 6.45) is 2.73. The Bertz CT molecular complexity index is 855. The Morgan fingerprint density at radius 2 is 1.92 bits per heavy atom. The van der Waals surface area contributed by atoms with Gasteiger partial charge in [-0.3, -0.25) is 0 Å². The van der Waals surface area contributed by atoms with Gasteiger partial charge in [0.25, 0.3) is 0 Å². The molecule has 0 saturated heterocycles. The molecule has 124 valence electrons. The summed E-state index contributed by atoms with van der Waals surface area (Å²) in [4.78, 5) is 8.82. The van der Waals surface area contributed by atoms with Crippen molar-refractivity contribution in [2.45, 2.75) is 27.2 Å². The van der Waals surface area contributed by atoms with Crippen molar-refractivity contribution in [2.24, 2.45) is 5.92 Å². The Labute approximate surface area is 143 Å². The van der Waals surface area contributed by atoms with Crippen LogP contribution in [-0.2, 0) is 0 Å². The predicted octanol–water partition coefficient (Wildman–Crippen LogP) is 4.65. The molecule has 1 aromatic heterocycles. The van der Waals surface area contributed by atoms with E-state index in [4.69, 9.17) is 5.73 Å². The Kier molecular flexibility index (Phi) is 4.65. The van der Waals surface area contributed by atoms with Crippen molar-refractivity contribution < 1.29 is 0 Å². The molecule has 4 nitrogen and oxygen atoms in total. The molecule has 4 heteroatoms. The Morgan fingerprint density at radius 1 is 1.08 bits per heavy atom. The molecular formula is C20H24N4. The molecule has 3 N–H and O–H groups in total. The lowest BCUT2D eigenvalue weighted by molar-refractivity contribution is 0.607. The minimum absolute atomic E-state index is 0.665. The van der Waals surface area contributed by atoms with E-state index in [1.54, 1.807) is 6.33 Å². The van der Waals surface area contributed by atoms with E-state index in [1.165, 1.54) is 11.1 Å². The van der Waals surface area contributed by atoms with Crippen LogP contribution in [0.4, 0.5) is 11.5 Å². The van der Waals surface area contributed by atoms with Crippen molar-refractivity contribution in [1.82, 2.24) is 9.97 Å². The first kappa shape index (κ1) is 16.2. The van der Waals surface area contributed by atoms with Crippen LogP contribution in [-0.4, -0.2) is 16.5 Å². The summed E-state index contributed by atoms with van der Waals surface area (Å²) >= 11 is 0. The molecular weight excluding hydrogens is 296 g/mol. The van der Waals surface area contributed by atoms with Gasteiger partial charge < -0.3 is 11.1 Å². The maximum atomic E-state index is 5.87. The molecule has 1 heterocycles. The third-order valence-corrected chi connectivity index (χ3v) is 4.21. The number of hydrogen-bond acceptors (Lipinski definition) is 4. The predicted molar refractivity (Wildman–Crippen MR) is 102 cm³/mol. The van der Waals surface area contributed by atoms with Crippen LogP contribution < -0.4 is 11.1 Å². The summed E-state index contributed by atoms with van der Waals surface area (Å²) in [5, 5.41) is 4.50. The lowest BCUT2D eigenvalue weighted by atomic mass is 9.98. The minimum atomic E-state index is 0.665. The first-order valence-electron chi connectivity index (χ1n) is 8.39. The summed E-state index contributed by atoms with van der Waals surface area (Å²) in [5.41, 5.74) is 11.1. The van der Waals surface area contributed by atoms with E-state index in [0.717, 1.165) is 40.9 Å². The largest absolute Gasteiger partial charge is 0.399 e. The number of nitrogens with two attached hydrogens (primary N) is 1. The van der Waals surface area contributed by atoms with Crippen molar-refractivity contribution >= 4 is 22.4 Å². The highest BCUT2D eigenvalue weighted by Crippen LogP contribution is 2.29. The summed E-state index contributed by atoms with van der Waals surface area (Å²) < 4.78 is 0. The number of rotatable bonds is 5. The molecule has 0 spiro atoms. The first-order chi connectivity index (χ1) is 11.5. The fourth-order valence-electron chi connectivity index (χ4n) is 2.86. The number of aryl methyl sites for hydroxylation is 1. The first-order valence-corrected chi connectivity index (χ1v) is 8.39. The number of nitrogen functional groups attached to an aromatic ring is 1. The lowest BCUT2D eigenvalue weighted by Gasteiger charge is -2.12. The second-order valence-electron chi connectivity index (χ2n) is 6.64. The second-order valence-corrected chi connectivity index (χ2v) is 6.64. The molecule has 0 atom stereocenters. The van der Waals surface area contributed by atoms with Gasteiger partial charge in [-0.05, 0) is 60.2 Å². The molecule has 0 aliphatic heterocycles. The van der Waals surface area contributed by atoms with Crippen LogP contribution in [0.2, 0.25) is 0 Å². The standard InChI is InChI=1S/C20H24N4/c1-13(2)8-9-22-20-18-11-15(4-7-19(18)23-12-24-20)17-6-5-16(21)10-14(17)3/h4-7,10-13H,8-9,21H2,1-3H3,(H,22,23,24). The molecule has 0 aliphatic rings. The smallest absolute Gasteiger partial charge is 0.137 e. The zero-order valence-corrected chi connectivity index (χ0v) is 14.5. The number of aromatic nitrogens is 2. The van der Waals surface area contributed by atoms with Gasteiger partial charge in [0, 0.05) is 17.6 Å². The third-order valence-electron chi connectivity index (χ3n) is 4.21. The van der Waals surface area contributed by atoms with E-state index in [-0.39, 0.29) is 0 Å². The monoisotopic (exact) mass is 320 g/mol. The molecule has 0 aliphatic carbocycles. The van der Waals surface area contributed by atoms with Crippen LogP contribution in [0.5, 0.6) is 0 Å². The van der Waals surface area contributed by atoms with E-state index in [2.05, 4.69) is 60.3 Å². The number of anilines is 2. The topological polar surface area (TPSA) is 63.8 Å². The maximum Gasteiger partial charge on any atom is 0.137 e. The van der Waals surface area contributed by atoms with Crippen molar-refractivity contribution in [3.05, 3.63) is 48.3 Å². The average Bonchev–Trinajstić information content (AvgIpc) is 2.54. The Balaban J connectivity index is 1.99. The highest BCUT2D eigenvalue weighted by molar-refractivity contribution is 5.92. The fraction of sp³-hybridized carbons (Fsp3) is 0.300. The maximum absolute atomic E-state index is 5.87. The normalized spacial score (nSPS) is 11.2. The van der Waals surface area contributed by atoms with Crippen LogP contribution in [0.15, 0.2) is 42.7 Å². The van der Waals surface area contributed by atoms with Crippen molar-refractivity contribution in [3.8, 4) is 11.1 Å². The van der Waals surface area contributed by atoms with Crippen LogP contribution >= 0.6 is 0 Å². The lowest BCUT2D eigenvalue weighted by Crippen LogP contribution is -2.06. The van der Waals surface area contributed by atoms with Gasteiger partial charge in [0.15, 0.2) is 0 Å². The van der Waals surface area contributed by atoms with Gasteiger partial charge in [-0.25, -0.2) is 9.97 Å². The van der Waals surface area contributed by atoms with Gasteiger partial charge in [0.2, 0.25) is 0 Å². The molecule has 0 radical (unpaired) electrons. The van der Waals surface area contributed by atoms with E-state index in [9.17, 15) is 0 Å². The van der Waals surface area contributed by atoms with Crippen molar-refractivity contribution in [3.63, 3.8) is 0 Å². The van der Waals surface area contributed by atoms with Gasteiger partial charge in [0.05, 0.1) is 5.52 Å². The van der Waals surface area contributed by atoms with Crippen molar-refractivity contribution in [2.75, 3.05) is 17.6 Å². The number of hydrogen-bond donors (Lipinski definition) is 2.